The van der Waals surface area contributed by atoms with Gasteiger partial charge in [0.15, 0.2) is 11.6 Å². The van der Waals surface area contributed by atoms with E-state index >= 15 is 0 Å². The Morgan fingerprint density at radius 2 is 1.64 bits per heavy atom. The van der Waals surface area contributed by atoms with Crippen molar-refractivity contribution in [2.75, 3.05) is 0 Å². The van der Waals surface area contributed by atoms with Gasteiger partial charge in [-0.25, -0.2) is 4.39 Å². The van der Waals surface area contributed by atoms with Gasteiger partial charge in [0.25, 0.3) is 0 Å². The molecule has 3 nitrogen and oxygen atoms in total. The van der Waals surface area contributed by atoms with Gasteiger partial charge in [-0.1, -0.05) is 29.8 Å². The highest BCUT2D eigenvalue weighted by molar-refractivity contribution is 6.17. The number of carbonyl (C=O) groups is 2. The van der Waals surface area contributed by atoms with Gasteiger partial charge in [-0.2, -0.15) is 0 Å². The molecule has 2 aromatic carbocycles. The number of ether oxygens (including phenoxy) is 1. The van der Waals surface area contributed by atoms with Gasteiger partial charge < -0.3 is 4.74 Å². The Kier molecular flexibility index (Phi) is 3.86. The number of hydrogen-bond donors (Lipinski definition) is 0. The molecule has 3 aliphatic rings. The maximum absolute atomic E-state index is 13.7. The molecule has 0 spiro atoms. The Bertz CT molecular complexity index is 988. The fourth-order valence-corrected chi connectivity index (χ4v) is 5.96. The summed E-state index contributed by atoms with van der Waals surface area (Å²) in [6.07, 6.45) is 0.104. The number of fused-ring (bicyclic) bond motifs is 5. The highest BCUT2D eigenvalue weighted by Crippen LogP contribution is 2.57. The van der Waals surface area contributed by atoms with E-state index in [0.717, 1.165) is 27.8 Å². The van der Waals surface area contributed by atoms with E-state index in [-0.39, 0.29) is 41.4 Å². The molecule has 2 saturated heterocycles. The van der Waals surface area contributed by atoms with Crippen molar-refractivity contribution < 1.29 is 18.7 Å². The third-order valence-electron chi connectivity index (χ3n) is 6.89. The molecule has 2 aliphatic heterocycles. The maximum Gasteiger partial charge on any atom is 0.154 e. The minimum Gasteiger partial charge on any atom is -0.373 e. The lowest BCUT2D eigenvalue weighted by molar-refractivity contribution is -0.127. The minimum atomic E-state index is -0.684. The van der Waals surface area contributed by atoms with Crippen molar-refractivity contribution in [2.45, 2.75) is 51.2 Å². The number of halogens is 1. The van der Waals surface area contributed by atoms with E-state index in [9.17, 15) is 14.0 Å². The predicted octanol–water partition coefficient (Wildman–Crippen LogP) is 4.17. The molecular weight excluding hydrogens is 355 g/mol. The van der Waals surface area contributed by atoms with Gasteiger partial charge >= 0.3 is 0 Å². The first kappa shape index (κ1) is 17.7. The Labute approximate surface area is 163 Å². The SMILES string of the molecule is Cc1cc(C)c(C2C(=O)C3C4CC(c5cccc(F)c5)C(O4)C3C2=O)c(C)c1. The van der Waals surface area contributed by atoms with Crippen LogP contribution in [0.1, 0.15) is 46.1 Å². The van der Waals surface area contributed by atoms with Gasteiger partial charge in [-0.3, -0.25) is 9.59 Å². The molecule has 1 aliphatic carbocycles. The number of carbonyl (C=O) groups excluding carboxylic acids is 2. The third-order valence-corrected chi connectivity index (χ3v) is 6.89. The zero-order chi connectivity index (χ0) is 19.7. The topological polar surface area (TPSA) is 43.4 Å². The molecule has 2 aromatic rings. The van der Waals surface area contributed by atoms with Crippen LogP contribution >= 0.6 is 0 Å². The molecule has 0 amide bonds. The van der Waals surface area contributed by atoms with Crippen LogP contribution in [-0.4, -0.2) is 23.8 Å². The van der Waals surface area contributed by atoms with Gasteiger partial charge in [0.1, 0.15) is 11.7 Å². The standard InChI is InChI=1S/C24H23FO3/c1-11-7-12(2)18(13(3)8-11)20-22(26)19-17-10-16(14-5-4-6-15(25)9-14)24(28-17)21(19)23(20)27/h4-9,16-17,19-21,24H,10H2,1-3H3. The number of rotatable bonds is 2. The maximum atomic E-state index is 13.7. The van der Waals surface area contributed by atoms with E-state index in [2.05, 4.69) is 0 Å². The molecule has 2 bridgehead atoms. The molecular formula is C24H23FO3. The first-order valence-electron chi connectivity index (χ1n) is 9.93. The van der Waals surface area contributed by atoms with E-state index < -0.39 is 11.8 Å². The van der Waals surface area contributed by atoms with Crippen molar-refractivity contribution in [1.82, 2.24) is 0 Å². The van der Waals surface area contributed by atoms with Crippen LogP contribution in [-0.2, 0) is 14.3 Å². The summed E-state index contributed by atoms with van der Waals surface area (Å²) in [5.74, 6) is -1.77. The molecule has 1 saturated carbocycles. The average Bonchev–Trinajstić information content (AvgIpc) is 3.28. The predicted molar refractivity (Wildman–Crippen MR) is 103 cm³/mol. The van der Waals surface area contributed by atoms with Crippen molar-refractivity contribution in [3.63, 3.8) is 0 Å². The van der Waals surface area contributed by atoms with Crippen molar-refractivity contribution in [1.29, 1.82) is 0 Å². The fraction of sp³-hybridized carbons (Fsp3) is 0.417. The van der Waals surface area contributed by atoms with Gasteiger partial charge in [0.2, 0.25) is 0 Å². The van der Waals surface area contributed by atoms with Crippen molar-refractivity contribution in [2.24, 2.45) is 11.8 Å². The highest BCUT2D eigenvalue weighted by atomic mass is 19.1. The highest BCUT2D eigenvalue weighted by Gasteiger charge is 2.66. The minimum absolute atomic E-state index is 0.00949. The Hall–Kier alpha value is -2.33. The van der Waals surface area contributed by atoms with Crippen molar-refractivity contribution in [3.8, 4) is 0 Å². The first-order chi connectivity index (χ1) is 13.4. The van der Waals surface area contributed by atoms with E-state index in [1.165, 1.54) is 12.1 Å². The molecule has 2 heterocycles. The van der Waals surface area contributed by atoms with Crippen LogP contribution in [0, 0.1) is 38.4 Å². The summed E-state index contributed by atoms with van der Waals surface area (Å²) < 4.78 is 19.8. The smallest absolute Gasteiger partial charge is 0.154 e. The molecule has 144 valence electrons. The van der Waals surface area contributed by atoms with Gasteiger partial charge in [-0.15, -0.1) is 0 Å². The van der Waals surface area contributed by atoms with Crippen LogP contribution in [0.4, 0.5) is 4.39 Å². The van der Waals surface area contributed by atoms with Crippen LogP contribution < -0.4 is 0 Å². The first-order valence-corrected chi connectivity index (χ1v) is 9.93. The second-order valence-corrected chi connectivity index (χ2v) is 8.64. The van der Waals surface area contributed by atoms with Crippen molar-refractivity contribution in [3.05, 3.63) is 70.0 Å². The number of Topliss-reactive ketones (excluding diaryl/α,β-unsaturated/α-hetero) is 2. The molecule has 0 radical (unpaired) electrons. The summed E-state index contributed by atoms with van der Waals surface area (Å²) in [6, 6.07) is 10.6. The van der Waals surface area contributed by atoms with E-state index in [0.29, 0.717) is 6.42 Å². The van der Waals surface area contributed by atoms with E-state index in [1.807, 2.05) is 39.0 Å². The summed E-state index contributed by atoms with van der Waals surface area (Å²) in [5, 5.41) is 0. The monoisotopic (exact) mass is 378 g/mol. The fourth-order valence-electron chi connectivity index (χ4n) is 5.96. The van der Waals surface area contributed by atoms with Crippen LogP contribution in [0.3, 0.4) is 0 Å². The number of ketones is 2. The van der Waals surface area contributed by atoms with E-state index in [1.54, 1.807) is 6.07 Å². The molecule has 5 rings (SSSR count). The summed E-state index contributed by atoms with van der Waals surface area (Å²) in [5.41, 5.74) is 4.86. The quantitative estimate of drug-likeness (QED) is 0.737. The number of hydrogen-bond acceptors (Lipinski definition) is 3. The van der Waals surface area contributed by atoms with Gasteiger partial charge in [0, 0.05) is 5.92 Å². The van der Waals surface area contributed by atoms with Crippen molar-refractivity contribution >= 4 is 11.6 Å². The summed E-state index contributed by atoms with van der Waals surface area (Å²) in [4.78, 5) is 26.8. The number of aryl methyl sites for hydroxylation is 3. The molecule has 3 fully saturated rings. The molecule has 0 N–H and O–H groups in total. The zero-order valence-electron chi connectivity index (χ0n) is 16.2. The average molecular weight is 378 g/mol. The third kappa shape index (κ3) is 2.37. The second-order valence-electron chi connectivity index (χ2n) is 8.64. The molecule has 28 heavy (non-hydrogen) atoms. The summed E-state index contributed by atoms with van der Waals surface area (Å²) in [6.45, 7) is 5.98. The molecule has 0 aromatic heterocycles. The van der Waals surface area contributed by atoms with Crippen LogP contribution in [0.15, 0.2) is 36.4 Å². The van der Waals surface area contributed by atoms with Crippen LogP contribution in [0.5, 0.6) is 0 Å². The van der Waals surface area contributed by atoms with Crippen LogP contribution in [0.2, 0.25) is 0 Å². The Balaban J connectivity index is 1.52. The van der Waals surface area contributed by atoms with Gasteiger partial charge in [-0.05, 0) is 61.6 Å². The normalized spacial score (nSPS) is 33.6. The second kappa shape index (κ2) is 6.08. The van der Waals surface area contributed by atoms with Gasteiger partial charge in [0.05, 0.1) is 24.0 Å². The largest absolute Gasteiger partial charge is 0.373 e. The molecule has 6 atom stereocenters. The molecule has 6 unspecified atom stereocenters. The Morgan fingerprint density at radius 3 is 2.32 bits per heavy atom. The lowest BCUT2D eigenvalue weighted by atomic mass is 9.73. The van der Waals surface area contributed by atoms with E-state index in [4.69, 9.17) is 4.74 Å². The lowest BCUT2D eigenvalue weighted by Gasteiger charge is -2.26. The summed E-state index contributed by atoms with van der Waals surface area (Å²) >= 11 is 0. The lowest BCUT2D eigenvalue weighted by Crippen LogP contribution is -2.34. The van der Waals surface area contributed by atoms with Crippen LogP contribution in [0.25, 0.3) is 0 Å². The zero-order valence-corrected chi connectivity index (χ0v) is 16.2. The Morgan fingerprint density at radius 1 is 0.964 bits per heavy atom. The molecule has 4 heteroatoms. The summed E-state index contributed by atoms with van der Waals surface area (Å²) in [7, 11) is 0. The number of benzene rings is 2.